The Morgan fingerprint density at radius 2 is 1.95 bits per heavy atom. The zero-order valence-corrected chi connectivity index (χ0v) is 12.1. The van der Waals surface area contributed by atoms with Crippen molar-refractivity contribution in [3.63, 3.8) is 0 Å². The molecule has 1 saturated heterocycles. The predicted molar refractivity (Wildman–Crippen MR) is 83.9 cm³/mol. The number of aryl methyl sites for hydroxylation is 1. The van der Waals surface area contributed by atoms with Crippen LogP contribution >= 0.6 is 0 Å². The summed E-state index contributed by atoms with van der Waals surface area (Å²) in [5.41, 5.74) is 1.84. The Balaban J connectivity index is 2.03. The van der Waals surface area contributed by atoms with E-state index in [9.17, 15) is 5.11 Å². The number of aromatic hydroxyl groups is 1. The fourth-order valence-corrected chi connectivity index (χ4v) is 3.21. The van der Waals surface area contributed by atoms with Gasteiger partial charge in [0.1, 0.15) is 23.0 Å². The summed E-state index contributed by atoms with van der Waals surface area (Å²) in [4.78, 5) is 14.9. The molecule has 1 aliphatic rings. The van der Waals surface area contributed by atoms with E-state index in [0.29, 0.717) is 0 Å². The summed E-state index contributed by atoms with van der Waals surface area (Å²) in [6.45, 7) is 4.00. The number of anilines is 1. The maximum Gasteiger partial charge on any atom is 0.144 e. The minimum Gasteiger partial charge on any atom is -0.508 e. The maximum absolute atomic E-state index is 9.80. The van der Waals surface area contributed by atoms with Crippen molar-refractivity contribution < 1.29 is 5.11 Å². The van der Waals surface area contributed by atoms with Gasteiger partial charge in [0, 0.05) is 24.0 Å². The van der Waals surface area contributed by atoms with Crippen LogP contribution in [0.4, 0.5) is 5.82 Å². The van der Waals surface area contributed by atoms with Gasteiger partial charge in [0.15, 0.2) is 0 Å². The second-order valence-electron chi connectivity index (χ2n) is 5.72. The Labute approximate surface area is 122 Å². The smallest absolute Gasteiger partial charge is 0.144 e. The summed E-state index contributed by atoms with van der Waals surface area (Å²) in [6, 6.07) is 5.38. The molecule has 0 spiro atoms. The van der Waals surface area contributed by atoms with Crippen molar-refractivity contribution >= 4 is 27.8 Å². The van der Waals surface area contributed by atoms with E-state index < -0.39 is 0 Å². The zero-order chi connectivity index (χ0) is 14.4. The summed E-state index contributed by atoms with van der Waals surface area (Å²) >= 11 is 0. The molecule has 0 radical (unpaired) electrons. The lowest BCUT2D eigenvalue weighted by atomic mass is 10.1. The average Bonchev–Trinajstić information content (AvgIpc) is 2.84. The summed E-state index contributed by atoms with van der Waals surface area (Å²) in [6.07, 6.45) is 3.70. The molecule has 5 heteroatoms. The number of fused-ring (bicyclic) bond motifs is 3. The van der Waals surface area contributed by atoms with Gasteiger partial charge in [0.05, 0.1) is 5.39 Å². The van der Waals surface area contributed by atoms with E-state index in [1.165, 1.54) is 19.3 Å². The molecule has 5 nitrogen and oxygen atoms in total. The van der Waals surface area contributed by atoms with Crippen molar-refractivity contribution in [3.8, 4) is 5.75 Å². The van der Waals surface area contributed by atoms with E-state index in [-0.39, 0.29) is 5.75 Å². The van der Waals surface area contributed by atoms with Crippen molar-refractivity contribution in [3.05, 3.63) is 24.0 Å². The van der Waals surface area contributed by atoms with Crippen LogP contribution in [0.5, 0.6) is 5.75 Å². The van der Waals surface area contributed by atoms with Gasteiger partial charge in [-0.3, -0.25) is 0 Å². The maximum atomic E-state index is 9.80. The number of hydrogen-bond acceptors (Lipinski definition) is 4. The molecule has 108 valence electrons. The lowest BCUT2D eigenvalue weighted by Gasteiger charge is -2.28. The molecular formula is C16H18N4O. The number of aromatic nitrogens is 3. The first kappa shape index (κ1) is 12.4. The summed E-state index contributed by atoms with van der Waals surface area (Å²) < 4.78 is 0. The van der Waals surface area contributed by atoms with E-state index in [1.807, 2.05) is 13.0 Å². The van der Waals surface area contributed by atoms with Crippen molar-refractivity contribution in [2.75, 3.05) is 18.0 Å². The molecule has 0 aliphatic carbocycles. The summed E-state index contributed by atoms with van der Waals surface area (Å²) in [5, 5.41) is 11.8. The molecule has 4 rings (SSSR count). The molecule has 3 aromatic rings. The minimum absolute atomic E-state index is 0.272. The molecule has 2 N–H and O–H groups in total. The van der Waals surface area contributed by atoms with Crippen molar-refractivity contribution in [1.29, 1.82) is 0 Å². The molecule has 0 saturated carbocycles. The lowest BCUT2D eigenvalue weighted by molar-refractivity contribution is 0.476. The Bertz CT molecular complexity index is 818. The van der Waals surface area contributed by atoms with Gasteiger partial charge in [0.2, 0.25) is 0 Å². The number of nitrogens with zero attached hydrogens (tertiary/aromatic N) is 3. The second kappa shape index (κ2) is 4.62. The van der Waals surface area contributed by atoms with E-state index in [0.717, 1.165) is 46.7 Å². The van der Waals surface area contributed by atoms with Crippen molar-refractivity contribution in [2.24, 2.45) is 0 Å². The Morgan fingerprint density at radius 1 is 1.14 bits per heavy atom. The molecule has 1 aromatic carbocycles. The number of aromatic amines is 1. The van der Waals surface area contributed by atoms with Gasteiger partial charge in [-0.15, -0.1) is 0 Å². The Hall–Kier alpha value is -2.30. The first-order valence-electron chi connectivity index (χ1n) is 7.46. The zero-order valence-electron chi connectivity index (χ0n) is 12.1. The highest BCUT2D eigenvalue weighted by atomic mass is 16.3. The SMILES string of the molecule is Cc1nc(N2CCCCC2)c2c(n1)[nH]c1ccc(O)cc12. The second-order valence-corrected chi connectivity index (χ2v) is 5.72. The molecular weight excluding hydrogens is 264 g/mol. The van der Waals surface area contributed by atoms with Crippen LogP contribution in [0.1, 0.15) is 25.1 Å². The largest absolute Gasteiger partial charge is 0.508 e. The molecule has 1 fully saturated rings. The molecule has 0 atom stereocenters. The molecule has 21 heavy (non-hydrogen) atoms. The van der Waals surface area contributed by atoms with E-state index in [1.54, 1.807) is 12.1 Å². The standard InChI is InChI=1S/C16H18N4O/c1-10-17-15-14(12-9-11(21)5-6-13(12)19-15)16(18-10)20-7-3-2-4-8-20/h5-6,9,21H,2-4,7-8H2,1H3,(H,17,18,19). The predicted octanol–water partition coefficient (Wildman–Crippen LogP) is 3.12. The molecule has 2 aromatic heterocycles. The van der Waals surface area contributed by atoms with E-state index >= 15 is 0 Å². The van der Waals surface area contributed by atoms with Crippen LogP contribution in [0.2, 0.25) is 0 Å². The van der Waals surface area contributed by atoms with Gasteiger partial charge in [-0.2, -0.15) is 0 Å². The third kappa shape index (κ3) is 2.00. The topological polar surface area (TPSA) is 65.0 Å². The van der Waals surface area contributed by atoms with Gasteiger partial charge in [-0.25, -0.2) is 9.97 Å². The minimum atomic E-state index is 0.272. The number of piperidine rings is 1. The number of phenols is 1. The van der Waals surface area contributed by atoms with Crippen LogP contribution in [0.15, 0.2) is 18.2 Å². The summed E-state index contributed by atoms with van der Waals surface area (Å²) in [7, 11) is 0. The fourth-order valence-electron chi connectivity index (χ4n) is 3.21. The average molecular weight is 282 g/mol. The van der Waals surface area contributed by atoms with Crippen LogP contribution in [0.25, 0.3) is 21.9 Å². The Kier molecular flexibility index (Phi) is 2.74. The molecule has 1 aliphatic heterocycles. The third-order valence-electron chi connectivity index (χ3n) is 4.18. The van der Waals surface area contributed by atoms with Gasteiger partial charge in [-0.05, 0) is 44.4 Å². The van der Waals surface area contributed by atoms with Crippen LogP contribution in [-0.4, -0.2) is 33.1 Å². The van der Waals surface area contributed by atoms with Gasteiger partial charge < -0.3 is 15.0 Å². The number of H-pyrrole nitrogens is 1. The van der Waals surface area contributed by atoms with Crippen LogP contribution in [0, 0.1) is 6.92 Å². The highest BCUT2D eigenvalue weighted by Gasteiger charge is 2.19. The summed E-state index contributed by atoms with van der Waals surface area (Å²) in [5.74, 6) is 2.04. The van der Waals surface area contributed by atoms with Crippen LogP contribution in [0.3, 0.4) is 0 Å². The monoisotopic (exact) mass is 282 g/mol. The number of hydrogen-bond donors (Lipinski definition) is 2. The lowest BCUT2D eigenvalue weighted by Crippen LogP contribution is -2.30. The van der Waals surface area contributed by atoms with Crippen molar-refractivity contribution in [1.82, 2.24) is 15.0 Å². The number of phenolic OH excluding ortho intramolecular Hbond substituents is 1. The first-order valence-corrected chi connectivity index (χ1v) is 7.46. The highest BCUT2D eigenvalue weighted by Crippen LogP contribution is 2.34. The molecule has 0 amide bonds. The van der Waals surface area contributed by atoms with Gasteiger partial charge in [0.25, 0.3) is 0 Å². The Morgan fingerprint density at radius 3 is 2.76 bits per heavy atom. The first-order chi connectivity index (χ1) is 10.2. The normalized spacial score (nSPS) is 16.0. The van der Waals surface area contributed by atoms with Crippen LogP contribution < -0.4 is 4.90 Å². The van der Waals surface area contributed by atoms with Gasteiger partial charge in [-0.1, -0.05) is 0 Å². The third-order valence-corrected chi connectivity index (χ3v) is 4.18. The molecule has 0 bridgehead atoms. The quantitative estimate of drug-likeness (QED) is 0.719. The van der Waals surface area contributed by atoms with E-state index in [2.05, 4.69) is 14.9 Å². The highest BCUT2D eigenvalue weighted by molar-refractivity contribution is 6.11. The fraction of sp³-hybridized carbons (Fsp3) is 0.375. The number of nitrogens with one attached hydrogen (secondary N) is 1. The van der Waals surface area contributed by atoms with Crippen LogP contribution in [-0.2, 0) is 0 Å². The molecule has 0 unspecified atom stereocenters. The number of benzene rings is 1. The number of rotatable bonds is 1. The van der Waals surface area contributed by atoms with E-state index in [4.69, 9.17) is 4.98 Å². The van der Waals surface area contributed by atoms with Gasteiger partial charge >= 0.3 is 0 Å². The van der Waals surface area contributed by atoms with Crippen molar-refractivity contribution in [2.45, 2.75) is 26.2 Å². The molecule has 3 heterocycles.